The zero-order valence-corrected chi connectivity index (χ0v) is 25.7. The number of carbonyl (C=O) groups is 1. The average Bonchev–Trinajstić information content (AvgIpc) is 2.97. The lowest BCUT2D eigenvalue weighted by Crippen LogP contribution is -2.16. The third kappa shape index (κ3) is 10.9. The molecular weight excluding hydrogens is 528 g/mol. The number of carbonyl (C=O) groups excluding carboxylic acids is 1. The monoisotopic (exact) mass is 574 g/mol. The van der Waals surface area contributed by atoms with Crippen LogP contribution in [0.5, 0.6) is 17.2 Å². The van der Waals surface area contributed by atoms with Crippen LogP contribution in [0.3, 0.4) is 0 Å². The summed E-state index contributed by atoms with van der Waals surface area (Å²) in [5.74, 6) is -0.137. The highest BCUT2D eigenvalue weighted by Gasteiger charge is 2.22. The zero-order chi connectivity index (χ0) is 30.2. The lowest BCUT2D eigenvalue weighted by atomic mass is 10.1. The van der Waals surface area contributed by atoms with Crippen LogP contribution in [-0.4, -0.2) is 19.2 Å². The largest absolute Gasteiger partial charge is 0.493 e. The van der Waals surface area contributed by atoms with Gasteiger partial charge in [0, 0.05) is 6.07 Å². The van der Waals surface area contributed by atoms with Crippen LogP contribution >= 0.6 is 0 Å². The Hall–Kier alpha value is -3.80. The third-order valence-corrected chi connectivity index (χ3v) is 7.01. The van der Waals surface area contributed by atoms with Gasteiger partial charge in [0.1, 0.15) is 17.9 Å². The first-order valence-electron chi connectivity index (χ1n) is 15.3. The van der Waals surface area contributed by atoms with Gasteiger partial charge in [-0.1, -0.05) is 87.3 Å². The average molecular weight is 575 g/mol. The van der Waals surface area contributed by atoms with Crippen molar-refractivity contribution in [1.82, 2.24) is 0 Å². The van der Waals surface area contributed by atoms with Gasteiger partial charge < -0.3 is 18.6 Å². The number of hydrogen-bond acceptors (Lipinski definition) is 6. The molecule has 42 heavy (non-hydrogen) atoms. The molecule has 0 bridgehead atoms. The molecule has 0 N–H and O–H groups in total. The molecule has 2 aromatic carbocycles. The fourth-order valence-corrected chi connectivity index (χ4v) is 4.57. The Bertz CT molecular complexity index is 1380. The Morgan fingerprint density at radius 1 is 0.833 bits per heavy atom. The highest BCUT2D eigenvalue weighted by Crippen LogP contribution is 2.35. The zero-order valence-electron chi connectivity index (χ0n) is 25.7. The predicted molar refractivity (Wildman–Crippen MR) is 170 cm³/mol. The molecule has 0 spiro atoms. The first kappa shape index (κ1) is 32.7. The molecule has 0 amide bonds. The van der Waals surface area contributed by atoms with Gasteiger partial charge in [0.15, 0.2) is 5.75 Å². The lowest BCUT2D eigenvalue weighted by Gasteiger charge is -2.13. The van der Waals surface area contributed by atoms with E-state index in [9.17, 15) is 9.59 Å². The molecule has 3 aromatic rings. The summed E-state index contributed by atoms with van der Waals surface area (Å²) in [7, 11) is 0. The summed E-state index contributed by atoms with van der Waals surface area (Å²) in [6, 6.07) is 13.8. The molecule has 0 radical (unpaired) electrons. The SMILES string of the molecule is CCCCCCCCCCOc1ccc2c(OCC=C(C)CCC=C(C)C)c(OC(=O)c3ccccc3)c(=O)oc2c1. The van der Waals surface area contributed by atoms with E-state index >= 15 is 0 Å². The van der Waals surface area contributed by atoms with Crippen molar-refractivity contribution in [3.05, 3.63) is 87.8 Å². The van der Waals surface area contributed by atoms with E-state index in [2.05, 4.69) is 26.8 Å². The van der Waals surface area contributed by atoms with E-state index in [0.29, 0.717) is 28.9 Å². The minimum Gasteiger partial charge on any atom is -0.493 e. The van der Waals surface area contributed by atoms with Gasteiger partial charge in [-0.15, -0.1) is 0 Å². The van der Waals surface area contributed by atoms with Crippen LogP contribution in [0.2, 0.25) is 0 Å². The Labute approximate surface area is 250 Å². The smallest absolute Gasteiger partial charge is 0.383 e. The molecule has 0 atom stereocenters. The van der Waals surface area contributed by atoms with Crippen molar-refractivity contribution < 1.29 is 23.4 Å². The molecule has 6 heteroatoms. The van der Waals surface area contributed by atoms with Crippen molar-refractivity contribution in [3.63, 3.8) is 0 Å². The number of benzene rings is 2. The Morgan fingerprint density at radius 2 is 1.55 bits per heavy atom. The number of ether oxygens (including phenoxy) is 3. The first-order valence-corrected chi connectivity index (χ1v) is 15.3. The van der Waals surface area contributed by atoms with Crippen LogP contribution in [0.15, 0.2) is 81.0 Å². The predicted octanol–water partition coefficient (Wildman–Crippen LogP) is 9.60. The van der Waals surface area contributed by atoms with E-state index in [-0.39, 0.29) is 18.1 Å². The Kier molecular flexibility index (Phi) is 13.9. The summed E-state index contributed by atoms with van der Waals surface area (Å²) in [4.78, 5) is 25.9. The second kappa shape index (κ2) is 17.9. The van der Waals surface area contributed by atoms with Gasteiger partial charge in [0.25, 0.3) is 5.75 Å². The number of allylic oxidation sites excluding steroid dienone is 3. The summed E-state index contributed by atoms with van der Waals surface area (Å²) >= 11 is 0. The van der Waals surface area contributed by atoms with E-state index < -0.39 is 11.6 Å². The number of esters is 1. The van der Waals surface area contributed by atoms with Crippen LogP contribution in [0.25, 0.3) is 11.0 Å². The van der Waals surface area contributed by atoms with E-state index in [1.165, 1.54) is 49.7 Å². The highest BCUT2D eigenvalue weighted by atomic mass is 16.6. The summed E-state index contributed by atoms with van der Waals surface area (Å²) in [5, 5.41) is 0.528. The molecule has 1 heterocycles. The summed E-state index contributed by atoms with van der Waals surface area (Å²) in [6.45, 7) is 9.25. The van der Waals surface area contributed by atoms with Crippen molar-refractivity contribution in [2.45, 2.75) is 91.9 Å². The molecule has 0 saturated carbocycles. The highest BCUT2D eigenvalue weighted by molar-refractivity contribution is 5.93. The minimum absolute atomic E-state index is 0.175. The second-order valence-electron chi connectivity index (χ2n) is 11.0. The second-order valence-corrected chi connectivity index (χ2v) is 11.0. The van der Waals surface area contributed by atoms with Gasteiger partial charge in [0.2, 0.25) is 0 Å². The fraction of sp³-hybridized carbons (Fsp3) is 0.444. The Morgan fingerprint density at radius 3 is 2.26 bits per heavy atom. The number of rotatable bonds is 18. The molecule has 226 valence electrons. The number of unbranched alkanes of at least 4 members (excludes halogenated alkanes) is 7. The van der Waals surface area contributed by atoms with E-state index in [1.54, 1.807) is 42.5 Å². The molecule has 0 fully saturated rings. The van der Waals surface area contributed by atoms with Gasteiger partial charge in [-0.25, -0.2) is 9.59 Å². The van der Waals surface area contributed by atoms with E-state index in [1.807, 2.05) is 19.1 Å². The molecular formula is C36H46O6. The maximum absolute atomic E-state index is 13.1. The topological polar surface area (TPSA) is 75.0 Å². The van der Waals surface area contributed by atoms with E-state index in [0.717, 1.165) is 25.7 Å². The lowest BCUT2D eigenvalue weighted by molar-refractivity contribution is 0.0722. The molecule has 0 aliphatic heterocycles. The summed E-state index contributed by atoms with van der Waals surface area (Å²) in [5.41, 5.74) is 2.30. The first-order chi connectivity index (χ1) is 20.4. The van der Waals surface area contributed by atoms with Crippen molar-refractivity contribution in [3.8, 4) is 17.2 Å². The van der Waals surface area contributed by atoms with E-state index in [4.69, 9.17) is 18.6 Å². The van der Waals surface area contributed by atoms with Crippen LogP contribution in [0.4, 0.5) is 0 Å². The fourth-order valence-electron chi connectivity index (χ4n) is 4.57. The molecule has 0 saturated heterocycles. The molecule has 0 unspecified atom stereocenters. The normalized spacial score (nSPS) is 11.4. The standard InChI is InChI=1S/C36H46O6/c1-5-6-7-8-9-10-11-15-24-39-30-21-22-31-32(26-30)41-36(38)34(42-35(37)29-19-13-12-14-20-29)33(31)40-25-23-28(4)18-16-17-27(2)3/h12-14,17,19-23,26H,5-11,15-16,18,24-25H2,1-4H3. The van der Waals surface area contributed by atoms with Crippen molar-refractivity contribution in [1.29, 1.82) is 0 Å². The van der Waals surface area contributed by atoms with Crippen molar-refractivity contribution in [2.24, 2.45) is 0 Å². The molecule has 0 aliphatic rings. The third-order valence-electron chi connectivity index (χ3n) is 7.01. The summed E-state index contributed by atoms with van der Waals surface area (Å²) in [6.07, 6.45) is 15.8. The van der Waals surface area contributed by atoms with Crippen LogP contribution < -0.4 is 19.8 Å². The van der Waals surface area contributed by atoms with Crippen molar-refractivity contribution >= 4 is 16.9 Å². The van der Waals surface area contributed by atoms with Crippen LogP contribution in [-0.2, 0) is 0 Å². The maximum atomic E-state index is 13.1. The molecule has 6 nitrogen and oxygen atoms in total. The van der Waals surface area contributed by atoms with Crippen LogP contribution in [0, 0.1) is 0 Å². The molecule has 0 aliphatic carbocycles. The summed E-state index contributed by atoms with van der Waals surface area (Å²) < 4.78 is 23.2. The Balaban J connectivity index is 1.74. The minimum atomic E-state index is -0.786. The van der Waals surface area contributed by atoms with Gasteiger partial charge in [-0.3, -0.25) is 0 Å². The van der Waals surface area contributed by atoms with Crippen molar-refractivity contribution in [2.75, 3.05) is 13.2 Å². The number of hydrogen-bond donors (Lipinski definition) is 0. The van der Waals surface area contributed by atoms with Gasteiger partial charge in [0.05, 0.1) is 17.6 Å². The van der Waals surface area contributed by atoms with Gasteiger partial charge in [-0.05, 0) is 70.4 Å². The number of fused-ring (bicyclic) bond motifs is 1. The van der Waals surface area contributed by atoms with Crippen LogP contribution in [0.1, 0.15) is 102 Å². The van der Waals surface area contributed by atoms with Gasteiger partial charge >= 0.3 is 11.6 Å². The quantitative estimate of drug-likeness (QED) is 0.0652. The maximum Gasteiger partial charge on any atom is 0.383 e. The molecule has 3 rings (SSSR count). The van der Waals surface area contributed by atoms with Gasteiger partial charge in [-0.2, -0.15) is 0 Å². The molecule has 1 aromatic heterocycles.